The third-order valence-corrected chi connectivity index (χ3v) is 5.00. The van der Waals surface area contributed by atoms with E-state index >= 15 is 0 Å². The van der Waals surface area contributed by atoms with Gasteiger partial charge in [-0.05, 0) is 38.5 Å². The molecule has 0 aromatic carbocycles. The van der Waals surface area contributed by atoms with Gasteiger partial charge in [-0.25, -0.2) is 0 Å². The van der Waals surface area contributed by atoms with Crippen LogP contribution in [0.25, 0.3) is 0 Å². The Bertz CT molecular complexity index is 128. The Labute approximate surface area is 99.4 Å². The van der Waals surface area contributed by atoms with Gasteiger partial charge in [0.15, 0.2) is 0 Å². The zero-order valence-corrected chi connectivity index (χ0v) is 11.5. The van der Waals surface area contributed by atoms with E-state index < -0.39 is 0 Å². The maximum atomic E-state index is 6.47. The maximum absolute atomic E-state index is 6.47. The van der Waals surface area contributed by atoms with Crippen molar-refractivity contribution in [2.45, 2.75) is 76.0 Å². The molecule has 0 bridgehead atoms. The molecule has 2 heteroatoms. The van der Waals surface area contributed by atoms with Crippen LogP contribution in [0, 0.1) is 0 Å². The fourth-order valence-corrected chi connectivity index (χ4v) is 1.84. The van der Waals surface area contributed by atoms with Crippen LogP contribution in [-0.2, 0) is 0 Å². The summed E-state index contributed by atoms with van der Waals surface area (Å²) < 4.78 is 0. The van der Waals surface area contributed by atoms with Crippen molar-refractivity contribution in [3.63, 3.8) is 0 Å². The molecule has 0 radical (unpaired) electrons. The normalized spacial score (nSPS) is 13.3. The minimum absolute atomic E-state index is 0.0233. The van der Waals surface area contributed by atoms with E-state index in [1.54, 1.807) is 0 Å². The van der Waals surface area contributed by atoms with Crippen LogP contribution in [0.5, 0.6) is 0 Å². The molecule has 0 saturated heterocycles. The minimum Gasteiger partial charge on any atom is -0.119 e. The zero-order chi connectivity index (χ0) is 11.2. The molecule has 0 heterocycles. The largest absolute Gasteiger partial charge is 0.119 e. The van der Waals surface area contributed by atoms with E-state index in [1.807, 2.05) is 0 Å². The fraction of sp³-hybridized carbons (Fsp3) is 1.00. The summed E-state index contributed by atoms with van der Waals surface area (Å²) in [6.45, 7) is 8.63. The molecule has 0 aliphatic heterocycles. The highest BCUT2D eigenvalue weighted by Gasteiger charge is 2.29. The van der Waals surface area contributed by atoms with Crippen molar-refractivity contribution in [2.24, 2.45) is 0 Å². The van der Waals surface area contributed by atoms with Gasteiger partial charge in [-0.2, -0.15) is 0 Å². The van der Waals surface area contributed by atoms with Gasteiger partial charge in [0.05, 0.1) is 0 Å². The van der Waals surface area contributed by atoms with Gasteiger partial charge in [0.1, 0.15) is 0 Å². The lowest BCUT2D eigenvalue weighted by atomic mass is 9.88. The second-order valence-electron chi connectivity index (χ2n) is 4.22. The second-order valence-corrected chi connectivity index (χ2v) is 5.82. The number of alkyl halides is 2. The van der Waals surface area contributed by atoms with Gasteiger partial charge in [0.25, 0.3) is 0 Å². The average molecular weight is 239 g/mol. The third-order valence-electron chi connectivity index (χ3n) is 3.56. The average Bonchev–Trinajstić information content (AvgIpc) is 2.25. The lowest BCUT2D eigenvalue weighted by Gasteiger charge is -2.30. The fourth-order valence-electron chi connectivity index (χ4n) is 1.66. The molecule has 0 aromatic rings. The Balaban J connectivity index is 4.14. The van der Waals surface area contributed by atoms with Crippen molar-refractivity contribution in [3.05, 3.63) is 0 Å². The van der Waals surface area contributed by atoms with Gasteiger partial charge in [-0.3, -0.25) is 0 Å². The van der Waals surface area contributed by atoms with Gasteiger partial charge >= 0.3 is 0 Å². The summed E-state index contributed by atoms with van der Waals surface area (Å²) in [6.07, 6.45) is 6.20. The Morgan fingerprint density at radius 3 is 1.00 bits per heavy atom. The first-order valence-corrected chi connectivity index (χ1v) is 6.58. The molecule has 0 aliphatic carbocycles. The highest BCUT2D eigenvalue weighted by molar-refractivity contribution is 6.25. The molecule has 0 unspecified atom stereocenters. The molecule has 0 N–H and O–H groups in total. The van der Waals surface area contributed by atoms with Gasteiger partial charge in [0, 0.05) is 9.75 Å². The van der Waals surface area contributed by atoms with Crippen molar-refractivity contribution < 1.29 is 0 Å². The molecule has 0 aliphatic rings. The number of hydrogen-bond donors (Lipinski definition) is 0. The summed E-state index contributed by atoms with van der Waals surface area (Å²) >= 11 is 12.9. The lowest BCUT2D eigenvalue weighted by molar-refractivity contribution is 0.406. The Kier molecular flexibility index (Phi) is 6.48. The summed E-state index contributed by atoms with van der Waals surface area (Å²) in [4.78, 5) is -0.0467. The summed E-state index contributed by atoms with van der Waals surface area (Å²) in [6, 6.07) is 0. The van der Waals surface area contributed by atoms with E-state index in [0.29, 0.717) is 0 Å². The van der Waals surface area contributed by atoms with E-state index in [9.17, 15) is 0 Å². The van der Waals surface area contributed by atoms with Crippen molar-refractivity contribution in [1.82, 2.24) is 0 Å². The van der Waals surface area contributed by atoms with Crippen molar-refractivity contribution in [2.75, 3.05) is 0 Å². The Morgan fingerprint density at radius 2 is 0.857 bits per heavy atom. The first-order chi connectivity index (χ1) is 6.45. The van der Waals surface area contributed by atoms with Crippen LogP contribution in [0.2, 0.25) is 0 Å². The van der Waals surface area contributed by atoms with Crippen LogP contribution >= 0.6 is 23.2 Å². The molecule has 0 spiro atoms. The van der Waals surface area contributed by atoms with Gasteiger partial charge in [0.2, 0.25) is 0 Å². The topological polar surface area (TPSA) is 0 Å². The van der Waals surface area contributed by atoms with Crippen LogP contribution in [0.15, 0.2) is 0 Å². The SMILES string of the molecule is CCC(Cl)(CC)CCC(Cl)(CC)CC. The monoisotopic (exact) mass is 238 g/mol. The molecular weight excluding hydrogens is 215 g/mol. The van der Waals surface area contributed by atoms with E-state index in [0.717, 1.165) is 38.5 Å². The van der Waals surface area contributed by atoms with Crippen LogP contribution < -0.4 is 0 Å². The Morgan fingerprint density at radius 1 is 0.643 bits per heavy atom. The predicted octanol–water partition coefficient (Wildman–Crippen LogP) is 5.36. The van der Waals surface area contributed by atoms with E-state index in [1.165, 1.54) is 0 Å². The van der Waals surface area contributed by atoms with Crippen LogP contribution in [0.4, 0.5) is 0 Å². The first kappa shape index (κ1) is 14.6. The van der Waals surface area contributed by atoms with Crippen molar-refractivity contribution >= 4 is 23.2 Å². The number of rotatable bonds is 7. The van der Waals surface area contributed by atoms with Gasteiger partial charge < -0.3 is 0 Å². The molecule has 0 atom stereocenters. The minimum atomic E-state index is -0.0233. The molecular formula is C12H24Cl2. The third kappa shape index (κ3) is 4.40. The summed E-state index contributed by atoms with van der Waals surface area (Å²) in [5.41, 5.74) is 0. The zero-order valence-electron chi connectivity index (χ0n) is 10.00. The molecule has 0 nitrogen and oxygen atoms in total. The summed E-state index contributed by atoms with van der Waals surface area (Å²) in [5.74, 6) is 0. The maximum Gasteiger partial charge on any atom is 0.0442 e. The predicted molar refractivity (Wildman–Crippen MR) is 67.6 cm³/mol. The summed E-state index contributed by atoms with van der Waals surface area (Å²) in [5, 5.41) is 0. The summed E-state index contributed by atoms with van der Waals surface area (Å²) in [7, 11) is 0. The van der Waals surface area contributed by atoms with Crippen molar-refractivity contribution in [3.8, 4) is 0 Å². The number of hydrogen-bond acceptors (Lipinski definition) is 0. The molecule has 0 fully saturated rings. The molecule has 0 amide bonds. The second kappa shape index (κ2) is 6.23. The lowest BCUT2D eigenvalue weighted by Crippen LogP contribution is -2.26. The molecule has 0 saturated carbocycles. The van der Waals surface area contributed by atoms with Crippen LogP contribution in [0.3, 0.4) is 0 Å². The standard InChI is InChI=1S/C12H24Cl2/c1-5-11(13,6-2)9-10-12(14,7-3)8-4/h5-10H2,1-4H3. The van der Waals surface area contributed by atoms with Gasteiger partial charge in [-0.15, -0.1) is 23.2 Å². The quantitative estimate of drug-likeness (QED) is 0.524. The Hall–Kier alpha value is 0.580. The molecule has 0 rings (SSSR count). The number of halogens is 2. The van der Waals surface area contributed by atoms with Crippen LogP contribution in [0.1, 0.15) is 66.2 Å². The highest BCUT2D eigenvalue weighted by atomic mass is 35.5. The van der Waals surface area contributed by atoms with Crippen LogP contribution in [-0.4, -0.2) is 9.75 Å². The van der Waals surface area contributed by atoms with E-state index in [2.05, 4.69) is 27.7 Å². The van der Waals surface area contributed by atoms with E-state index in [4.69, 9.17) is 23.2 Å². The van der Waals surface area contributed by atoms with Crippen molar-refractivity contribution in [1.29, 1.82) is 0 Å². The molecule has 0 aromatic heterocycles. The highest BCUT2D eigenvalue weighted by Crippen LogP contribution is 2.36. The van der Waals surface area contributed by atoms with E-state index in [-0.39, 0.29) is 9.75 Å². The first-order valence-electron chi connectivity index (χ1n) is 5.83. The van der Waals surface area contributed by atoms with Gasteiger partial charge in [-0.1, -0.05) is 27.7 Å². The smallest absolute Gasteiger partial charge is 0.0442 e. The molecule has 86 valence electrons. The molecule has 14 heavy (non-hydrogen) atoms.